The second kappa shape index (κ2) is 11.3. The van der Waals surface area contributed by atoms with Gasteiger partial charge in [-0.2, -0.15) is 4.31 Å². The second-order valence-electron chi connectivity index (χ2n) is 8.46. The van der Waals surface area contributed by atoms with Crippen LogP contribution in [-0.2, 0) is 14.8 Å². The minimum absolute atomic E-state index is 0.00492. The van der Waals surface area contributed by atoms with Crippen molar-refractivity contribution in [1.29, 1.82) is 0 Å². The van der Waals surface area contributed by atoms with Crippen LogP contribution in [0.3, 0.4) is 0 Å². The number of carbonyl (C=O) groups is 2. The van der Waals surface area contributed by atoms with E-state index in [4.69, 9.17) is 4.74 Å². The average molecular weight is 481 g/mol. The van der Waals surface area contributed by atoms with Crippen LogP contribution in [0.1, 0.15) is 43.5 Å². The zero-order valence-electron chi connectivity index (χ0n) is 20.0. The van der Waals surface area contributed by atoms with Crippen LogP contribution < -0.4 is 4.74 Å². The third-order valence-electron chi connectivity index (χ3n) is 6.46. The van der Waals surface area contributed by atoms with Crippen LogP contribution in [-0.4, -0.2) is 105 Å². The number of benzene rings is 1. The first kappa shape index (κ1) is 25.5. The van der Waals surface area contributed by atoms with Gasteiger partial charge in [0.05, 0.1) is 13.7 Å². The Kier molecular flexibility index (Phi) is 8.72. The summed E-state index contributed by atoms with van der Waals surface area (Å²) < 4.78 is 32.8. The molecule has 0 saturated carbocycles. The van der Waals surface area contributed by atoms with E-state index >= 15 is 0 Å². The molecular formula is C23H36N4O5S. The minimum atomic E-state index is -3.78. The molecule has 2 saturated heterocycles. The number of methoxy groups -OCH3 is 1. The average Bonchev–Trinajstić information content (AvgIpc) is 2.84. The Balaban J connectivity index is 1.66. The van der Waals surface area contributed by atoms with Crippen LogP contribution in [0.5, 0.6) is 5.75 Å². The van der Waals surface area contributed by atoms with Gasteiger partial charge in [0.15, 0.2) is 0 Å². The van der Waals surface area contributed by atoms with Crippen LogP contribution in [0.2, 0.25) is 0 Å². The first-order valence-corrected chi connectivity index (χ1v) is 13.2. The number of rotatable bonds is 8. The summed E-state index contributed by atoms with van der Waals surface area (Å²) in [4.78, 5) is 31.4. The van der Waals surface area contributed by atoms with Crippen molar-refractivity contribution in [2.24, 2.45) is 0 Å². The monoisotopic (exact) mass is 480 g/mol. The first-order chi connectivity index (χ1) is 15.8. The van der Waals surface area contributed by atoms with E-state index in [2.05, 4.69) is 4.90 Å². The van der Waals surface area contributed by atoms with Crippen LogP contribution in [0.15, 0.2) is 23.1 Å². The standard InChI is InChI=1S/C23H36N4O5S/c1-4-27(5-2)33(30,31)21-17-19(9-10-20(21)32-3)23(29)26-15-13-24(14-16-26)18-22(28)25-11-7-6-8-12-25/h9-10,17H,4-8,11-16,18H2,1-3H3. The van der Waals surface area contributed by atoms with E-state index in [1.54, 1.807) is 24.8 Å². The predicted molar refractivity (Wildman–Crippen MR) is 126 cm³/mol. The van der Waals surface area contributed by atoms with Gasteiger partial charge in [-0.25, -0.2) is 8.42 Å². The summed E-state index contributed by atoms with van der Waals surface area (Å²) in [6.45, 7) is 8.51. The SMILES string of the molecule is CCN(CC)S(=O)(=O)c1cc(C(=O)N2CCN(CC(=O)N3CCCCC3)CC2)ccc1OC. The molecule has 1 aromatic carbocycles. The number of likely N-dealkylation sites (tertiary alicyclic amines) is 1. The third-order valence-corrected chi connectivity index (χ3v) is 8.53. The molecule has 0 unspecified atom stereocenters. The lowest BCUT2D eigenvalue weighted by atomic mass is 10.1. The molecule has 0 bridgehead atoms. The minimum Gasteiger partial charge on any atom is -0.495 e. The molecule has 2 aliphatic heterocycles. The fourth-order valence-corrected chi connectivity index (χ4v) is 6.08. The molecule has 0 spiro atoms. The molecule has 2 heterocycles. The zero-order valence-corrected chi connectivity index (χ0v) is 20.8. The lowest BCUT2D eigenvalue weighted by Gasteiger charge is -2.36. The number of amides is 2. The van der Waals surface area contributed by atoms with E-state index in [1.165, 1.54) is 30.0 Å². The largest absolute Gasteiger partial charge is 0.495 e. The van der Waals surface area contributed by atoms with E-state index in [0.717, 1.165) is 25.9 Å². The fraction of sp³-hybridized carbons (Fsp3) is 0.652. The van der Waals surface area contributed by atoms with E-state index in [1.807, 2.05) is 4.90 Å². The summed E-state index contributed by atoms with van der Waals surface area (Å²) in [7, 11) is -2.36. The molecule has 0 aliphatic carbocycles. The Labute approximate surface area is 197 Å². The molecule has 1 aromatic rings. The predicted octanol–water partition coefficient (Wildman–Crippen LogP) is 1.50. The highest BCUT2D eigenvalue weighted by molar-refractivity contribution is 7.89. The van der Waals surface area contributed by atoms with Gasteiger partial charge in [-0.15, -0.1) is 0 Å². The normalized spacial score (nSPS) is 17.9. The fourth-order valence-electron chi connectivity index (χ4n) is 4.44. The van der Waals surface area contributed by atoms with Crippen molar-refractivity contribution < 1.29 is 22.7 Å². The molecule has 0 atom stereocenters. The molecule has 0 radical (unpaired) electrons. The van der Waals surface area contributed by atoms with E-state index in [9.17, 15) is 18.0 Å². The van der Waals surface area contributed by atoms with Crippen LogP contribution in [0, 0.1) is 0 Å². The molecule has 0 aromatic heterocycles. The van der Waals surface area contributed by atoms with Gasteiger partial charge < -0.3 is 14.5 Å². The maximum Gasteiger partial charge on any atom is 0.253 e. The van der Waals surface area contributed by atoms with Gasteiger partial charge in [-0.1, -0.05) is 13.8 Å². The lowest BCUT2D eigenvalue weighted by molar-refractivity contribution is -0.133. The molecule has 3 rings (SSSR count). The molecule has 33 heavy (non-hydrogen) atoms. The zero-order chi connectivity index (χ0) is 24.0. The van der Waals surface area contributed by atoms with Gasteiger partial charge in [0, 0.05) is 57.9 Å². The highest BCUT2D eigenvalue weighted by Crippen LogP contribution is 2.28. The number of hydrogen-bond donors (Lipinski definition) is 0. The smallest absolute Gasteiger partial charge is 0.253 e. The number of ether oxygens (including phenoxy) is 1. The van der Waals surface area contributed by atoms with Crippen molar-refractivity contribution in [3.63, 3.8) is 0 Å². The summed E-state index contributed by atoms with van der Waals surface area (Å²) in [5.41, 5.74) is 0.319. The van der Waals surface area contributed by atoms with Crippen molar-refractivity contribution in [2.75, 3.05) is 66.0 Å². The van der Waals surface area contributed by atoms with Crippen molar-refractivity contribution in [1.82, 2.24) is 19.0 Å². The molecule has 2 amide bonds. The van der Waals surface area contributed by atoms with Crippen LogP contribution in [0.25, 0.3) is 0 Å². The molecule has 0 N–H and O–H groups in total. The number of hydrogen-bond acceptors (Lipinski definition) is 6. The Bertz CT molecular complexity index is 934. The Morgan fingerprint density at radius 2 is 1.58 bits per heavy atom. The molecule has 2 aliphatic rings. The van der Waals surface area contributed by atoms with E-state index < -0.39 is 10.0 Å². The van der Waals surface area contributed by atoms with Gasteiger partial charge in [-0.05, 0) is 37.5 Å². The lowest BCUT2D eigenvalue weighted by Crippen LogP contribution is -2.52. The first-order valence-electron chi connectivity index (χ1n) is 11.8. The molecule has 10 heteroatoms. The number of nitrogens with zero attached hydrogens (tertiary/aromatic N) is 4. The van der Waals surface area contributed by atoms with E-state index in [-0.39, 0.29) is 22.5 Å². The Morgan fingerprint density at radius 3 is 2.15 bits per heavy atom. The van der Waals surface area contributed by atoms with Crippen LogP contribution >= 0.6 is 0 Å². The summed E-state index contributed by atoms with van der Waals surface area (Å²) in [6.07, 6.45) is 3.33. The van der Waals surface area contributed by atoms with Gasteiger partial charge in [0.25, 0.3) is 5.91 Å². The number of piperidine rings is 1. The molecule has 184 valence electrons. The second-order valence-corrected chi connectivity index (χ2v) is 10.4. The summed E-state index contributed by atoms with van der Waals surface area (Å²) >= 11 is 0. The molecule has 9 nitrogen and oxygen atoms in total. The van der Waals surface area contributed by atoms with Gasteiger partial charge >= 0.3 is 0 Å². The number of sulfonamides is 1. The Morgan fingerprint density at radius 1 is 0.939 bits per heavy atom. The summed E-state index contributed by atoms with van der Waals surface area (Å²) in [5.74, 6) is 0.172. The van der Waals surface area contributed by atoms with Crippen molar-refractivity contribution in [2.45, 2.75) is 38.0 Å². The van der Waals surface area contributed by atoms with Gasteiger partial charge in [-0.3, -0.25) is 14.5 Å². The van der Waals surface area contributed by atoms with Crippen molar-refractivity contribution >= 4 is 21.8 Å². The van der Waals surface area contributed by atoms with E-state index in [0.29, 0.717) is 51.4 Å². The van der Waals surface area contributed by atoms with Crippen LogP contribution in [0.4, 0.5) is 0 Å². The molecular weight excluding hydrogens is 444 g/mol. The number of piperazine rings is 1. The Hall–Kier alpha value is -2.17. The highest BCUT2D eigenvalue weighted by Gasteiger charge is 2.29. The molecule has 2 fully saturated rings. The summed E-state index contributed by atoms with van der Waals surface area (Å²) in [5, 5.41) is 0. The maximum absolute atomic E-state index is 13.1. The highest BCUT2D eigenvalue weighted by atomic mass is 32.2. The van der Waals surface area contributed by atoms with Crippen molar-refractivity contribution in [3.05, 3.63) is 23.8 Å². The quantitative estimate of drug-likeness (QED) is 0.560. The van der Waals surface area contributed by atoms with Crippen molar-refractivity contribution in [3.8, 4) is 5.75 Å². The van der Waals surface area contributed by atoms with Gasteiger partial charge in [0.2, 0.25) is 15.9 Å². The number of carbonyl (C=O) groups excluding carboxylic acids is 2. The third kappa shape index (κ3) is 5.85. The summed E-state index contributed by atoms with van der Waals surface area (Å²) in [6, 6.07) is 4.56. The maximum atomic E-state index is 13.1. The van der Waals surface area contributed by atoms with Gasteiger partial charge in [0.1, 0.15) is 10.6 Å². The topological polar surface area (TPSA) is 90.5 Å².